The van der Waals surface area contributed by atoms with Gasteiger partial charge in [-0.3, -0.25) is 9.69 Å². The quantitative estimate of drug-likeness (QED) is 0.587. The molecule has 5 heteroatoms. The molecule has 0 N–H and O–H groups in total. The number of carbonyl (C=O) groups is 1. The molecule has 3 atom stereocenters. The largest absolute Gasteiger partial charge is 0.497 e. The molecule has 0 aromatic heterocycles. The number of alkyl halides is 1. The molecular weight excluding hydrogens is 342 g/mol. The fraction of sp³-hybridized carbons (Fsp3) is 0.316. The first kappa shape index (κ1) is 15.9. The van der Waals surface area contributed by atoms with Crippen molar-refractivity contribution in [2.24, 2.45) is 0 Å². The van der Waals surface area contributed by atoms with Crippen LogP contribution >= 0.6 is 23.4 Å². The van der Waals surface area contributed by atoms with Crippen LogP contribution in [0.3, 0.4) is 0 Å². The van der Waals surface area contributed by atoms with Gasteiger partial charge < -0.3 is 4.74 Å². The number of thioether (sulfide) groups is 1. The molecule has 3 nitrogen and oxygen atoms in total. The van der Waals surface area contributed by atoms with Crippen molar-refractivity contribution in [3.8, 4) is 5.75 Å². The smallest absolute Gasteiger partial charge is 0.248 e. The van der Waals surface area contributed by atoms with Gasteiger partial charge >= 0.3 is 0 Å². The van der Waals surface area contributed by atoms with E-state index in [0.29, 0.717) is 5.25 Å². The van der Waals surface area contributed by atoms with Crippen LogP contribution in [-0.4, -0.2) is 23.6 Å². The van der Waals surface area contributed by atoms with Gasteiger partial charge in [-0.25, -0.2) is 0 Å². The van der Waals surface area contributed by atoms with Crippen molar-refractivity contribution in [1.82, 2.24) is 0 Å². The van der Waals surface area contributed by atoms with Crippen molar-refractivity contribution >= 4 is 35.0 Å². The average Bonchev–Trinajstić information content (AvgIpc) is 2.73. The summed E-state index contributed by atoms with van der Waals surface area (Å²) in [6, 6.07) is 16.0. The van der Waals surface area contributed by atoms with E-state index in [4.69, 9.17) is 16.3 Å². The lowest BCUT2D eigenvalue weighted by Gasteiger charge is -2.55. The van der Waals surface area contributed by atoms with Gasteiger partial charge in [0.1, 0.15) is 11.1 Å². The van der Waals surface area contributed by atoms with E-state index in [1.807, 2.05) is 59.1 Å². The second kappa shape index (κ2) is 5.71. The fourth-order valence-corrected chi connectivity index (χ4v) is 5.42. The molecule has 0 radical (unpaired) electrons. The van der Waals surface area contributed by atoms with E-state index in [1.165, 1.54) is 0 Å². The van der Waals surface area contributed by atoms with Crippen LogP contribution < -0.4 is 9.64 Å². The molecule has 0 aliphatic carbocycles. The Labute approximate surface area is 150 Å². The van der Waals surface area contributed by atoms with Crippen LogP contribution in [0.5, 0.6) is 5.75 Å². The third kappa shape index (κ3) is 2.09. The normalized spacial score (nSPS) is 28.5. The molecule has 2 aromatic carbocycles. The molecule has 1 fully saturated rings. The number of fused-ring (bicyclic) bond motifs is 3. The molecule has 1 amide bonds. The van der Waals surface area contributed by atoms with Gasteiger partial charge in [0.25, 0.3) is 0 Å². The zero-order valence-corrected chi connectivity index (χ0v) is 15.1. The average molecular weight is 360 g/mol. The minimum absolute atomic E-state index is 0.0189. The molecule has 0 unspecified atom stereocenters. The number of halogens is 1. The van der Waals surface area contributed by atoms with Crippen LogP contribution in [0.2, 0.25) is 0 Å². The highest BCUT2D eigenvalue weighted by Gasteiger charge is 2.62. The van der Waals surface area contributed by atoms with Gasteiger partial charge in [0.2, 0.25) is 5.91 Å². The molecule has 2 aliphatic rings. The van der Waals surface area contributed by atoms with Crippen LogP contribution in [0.15, 0.2) is 53.4 Å². The number of nitrogens with zero attached hydrogens (tertiary/aromatic N) is 1. The summed E-state index contributed by atoms with van der Waals surface area (Å²) in [5.74, 6) is 0.782. The third-order valence-corrected chi connectivity index (χ3v) is 6.59. The lowest BCUT2D eigenvalue weighted by molar-refractivity contribution is -0.127. The van der Waals surface area contributed by atoms with Crippen molar-refractivity contribution in [2.75, 3.05) is 12.0 Å². The predicted molar refractivity (Wildman–Crippen MR) is 98.2 cm³/mol. The van der Waals surface area contributed by atoms with Crippen LogP contribution in [0.25, 0.3) is 0 Å². The van der Waals surface area contributed by atoms with E-state index in [0.717, 1.165) is 28.3 Å². The number of β-lactam (4-membered cyclic amide) rings is 1. The SMILES string of the molecule is COc1ccc([C@]23C[C@H](C)Sc4ccccc4N2C(=O)[C@@H]3Cl)cc1. The number of ether oxygens (including phenoxy) is 1. The van der Waals surface area contributed by atoms with E-state index >= 15 is 0 Å². The van der Waals surface area contributed by atoms with Gasteiger partial charge in [0.05, 0.1) is 18.3 Å². The number of benzene rings is 2. The van der Waals surface area contributed by atoms with Crippen LogP contribution in [0.1, 0.15) is 18.9 Å². The minimum atomic E-state index is -0.542. The molecule has 1 saturated heterocycles. The zero-order chi connectivity index (χ0) is 16.9. The Bertz CT molecular complexity index is 794. The number of para-hydroxylation sites is 1. The van der Waals surface area contributed by atoms with E-state index in [-0.39, 0.29) is 5.91 Å². The first-order chi connectivity index (χ1) is 11.6. The standard InChI is InChI=1S/C19H18ClNO2S/c1-12-11-19(13-7-9-14(23-2)10-8-13)17(20)18(22)21(19)15-5-3-4-6-16(15)24-12/h3-10,12,17H,11H2,1-2H3/t12-,17-,19-/m0/s1. The molecule has 2 aromatic rings. The topological polar surface area (TPSA) is 29.5 Å². The second-order valence-corrected chi connectivity index (χ2v) is 8.21. The maximum Gasteiger partial charge on any atom is 0.248 e. The maximum absolute atomic E-state index is 12.7. The van der Waals surface area contributed by atoms with E-state index in [1.54, 1.807) is 7.11 Å². The molecule has 124 valence electrons. The van der Waals surface area contributed by atoms with Gasteiger partial charge in [-0.1, -0.05) is 31.2 Å². The monoisotopic (exact) mass is 359 g/mol. The number of rotatable bonds is 2. The van der Waals surface area contributed by atoms with Gasteiger partial charge in [0.15, 0.2) is 0 Å². The van der Waals surface area contributed by atoms with Gasteiger partial charge in [-0.15, -0.1) is 23.4 Å². The molecule has 0 bridgehead atoms. The summed E-state index contributed by atoms with van der Waals surface area (Å²) in [4.78, 5) is 15.7. The minimum Gasteiger partial charge on any atom is -0.497 e. The Morgan fingerprint density at radius 1 is 1.21 bits per heavy atom. The Morgan fingerprint density at radius 3 is 2.62 bits per heavy atom. The predicted octanol–water partition coefficient (Wildman–Crippen LogP) is 4.43. The maximum atomic E-state index is 12.7. The van der Waals surface area contributed by atoms with Crippen LogP contribution in [0.4, 0.5) is 5.69 Å². The number of anilines is 1. The first-order valence-electron chi connectivity index (χ1n) is 7.96. The number of methoxy groups -OCH3 is 1. The molecule has 2 aliphatic heterocycles. The second-order valence-electron chi connectivity index (χ2n) is 6.29. The van der Waals surface area contributed by atoms with Crippen molar-refractivity contribution in [2.45, 2.75) is 34.4 Å². The highest BCUT2D eigenvalue weighted by Crippen LogP contribution is 2.56. The Hall–Kier alpha value is -1.65. The summed E-state index contributed by atoms with van der Waals surface area (Å²) in [5.41, 5.74) is 1.53. The molecule has 4 rings (SSSR count). The van der Waals surface area contributed by atoms with Gasteiger partial charge in [-0.2, -0.15) is 0 Å². The van der Waals surface area contributed by atoms with Crippen molar-refractivity contribution < 1.29 is 9.53 Å². The summed E-state index contributed by atoms with van der Waals surface area (Å²) < 4.78 is 5.27. The van der Waals surface area contributed by atoms with Crippen molar-refractivity contribution in [3.05, 3.63) is 54.1 Å². The van der Waals surface area contributed by atoms with Gasteiger partial charge in [-0.05, 0) is 36.2 Å². The number of hydrogen-bond donors (Lipinski definition) is 0. The fourth-order valence-electron chi connectivity index (χ4n) is 3.80. The van der Waals surface area contributed by atoms with Crippen LogP contribution in [0, 0.1) is 0 Å². The number of hydrogen-bond acceptors (Lipinski definition) is 3. The molecule has 2 heterocycles. The van der Waals surface area contributed by atoms with Crippen LogP contribution in [-0.2, 0) is 10.3 Å². The highest BCUT2D eigenvalue weighted by atomic mass is 35.5. The first-order valence-corrected chi connectivity index (χ1v) is 9.28. The molecule has 24 heavy (non-hydrogen) atoms. The Morgan fingerprint density at radius 2 is 1.92 bits per heavy atom. The Kier molecular flexibility index (Phi) is 3.77. The summed E-state index contributed by atoms with van der Waals surface area (Å²) in [7, 11) is 1.65. The van der Waals surface area contributed by atoms with E-state index in [9.17, 15) is 4.79 Å². The summed E-state index contributed by atoms with van der Waals surface area (Å²) >= 11 is 8.42. The number of carbonyl (C=O) groups excluding carboxylic acids is 1. The van der Waals surface area contributed by atoms with Crippen molar-refractivity contribution in [3.63, 3.8) is 0 Å². The van der Waals surface area contributed by atoms with Crippen molar-refractivity contribution in [1.29, 1.82) is 0 Å². The molecular formula is C19H18ClNO2S. The molecule has 0 saturated carbocycles. The van der Waals surface area contributed by atoms with E-state index in [2.05, 4.69) is 13.0 Å². The lowest BCUT2D eigenvalue weighted by atomic mass is 9.73. The van der Waals surface area contributed by atoms with E-state index < -0.39 is 10.9 Å². The molecule has 0 spiro atoms. The lowest BCUT2D eigenvalue weighted by Crippen LogP contribution is -2.71. The van der Waals surface area contributed by atoms with Gasteiger partial charge in [0, 0.05) is 10.1 Å². The summed E-state index contributed by atoms with van der Waals surface area (Å²) in [6.45, 7) is 2.20. The highest BCUT2D eigenvalue weighted by molar-refractivity contribution is 8.00. The summed E-state index contributed by atoms with van der Waals surface area (Å²) in [6.07, 6.45) is 0.818. The third-order valence-electron chi connectivity index (χ3n) is 4.88. The zero-order valence-electron chi connectivity index (χ0n) is 13.5. The Balaban J connectivity index is 1.89. The summed E-state index contributed by atoms with van der Waals surface area (Å²) in [5, 5.41) is -0.187. The number of amides is 1.